The lowest BCUT2D eigenvalue weighted by molar-refractivity contribution is -0.130. The number of rotatable bonds is 3. The number of hydrogen-bond donors (Lipinski definition) is 1. The topological polar surface area (TPSA) is 58.6 Å². The molecule has 1 rings (SSSR count). The van der Waals surface area contributed by atoms with Crippen LogP contribution < -0.4 is 5.32 Å². The van der Waals surface area contributed by atoms with Gasteiger partial charge >= 0.3 is 6.03 Å². The lowest BCUT2D eigenvalue weighted by Gasteiger charge is -2.15. The Labute approximate surface area is 77.0 Å². The average molecular weight is 186 g/mol. The van der Waals surface area contributed by atoms with Gasteiger partial charge in [0.2, 0.25) is 0 Å². The lowest BCUT2D eigenvalue weighted by atomic mass is 10.1. The van der Waals surface area contributed by atoms with E-state index in [1.54, 1.807) is 13.8 Å². The minimum atomic E-state index is -0.773. The van der Waals surface area contributed by atoms with Crippen LogP contribution in [0.5, 0.6) is 0 Å². The molecule has 3 amide bonds. The second kappa shape index (κ2) is 3.33. The summed E-state index contributed by atoms with van der Waals surface area (Å²) in [5, 5.41) is 2.58. The molecule has 5 nitrogen and oxygen atoms in total. The first-order valence-electron chi connectivity index (χ1n) is 4.12. The number of nitrogens with zero attached hydrogens (tertiary/aromatic N) is 1. The van der Waals surface area contributed by atoms with E-state index >= 15 is 0 Å². The van der Waals surface area contributed by atoms with Crippen LogP contribution in [0.25, 0.3) is 0 Å². The number of amides is 3. The number of urea groups is 1. The van der Waals surface area contributed by atoms with Gasteiger partial charge in [0.1, 0.15) is 5.54 Å². The first-order valence-corrected chi connectivity index (χ1v) is 4.12. The predicted molar refractivity (Wildman–Crippen MR) is 46.2 cm³/mol. The fourth-order valence-corrected chi connectivity index (χ4v) is 1.20. The normalized spacial score (nSPS) is 20.7. The minimum absolute atomic E-state index is 0.199. The largest absolute Gasteiger partial charge is 0.383 e. The van der Waals surface area contributed by atoms with E-state index in [1.807, 2.05) is 0 Å². The summed E-state index contributed by atoms with van der Waals surface area (Å²) in [6.45, 7) is 4.04. The molecule has 0 spiro atoms. The first-order chi connectivity index (χ1) is 5.99. The predicted octanol–water partition coefficient (Wildman–Crippen LogP) is -0.0368. The Hall–Kier alpha value is -1.10. The highest BCUT2D eigenvalue weighted by Gasteiger charge is 2.43. The van der Waals surface area contributed by atoms with Gasteiger partial charge in [-0.15, -0.1) is 0 Å². The highest BCUT2D eigenvalue weighted by atomic mass is 16.5. The van der Waals surface area contributed by atoms with Crippen LogP contribution in [0, 0.1) is 0 Å². The van der Waals surface area contributed by atoms with Crippen LogP contribution in [0.3, 0.4) is 0 Å². The molecule has 0 saturated carbocycles. The summed E-state index contributed by atoms with van der Waals surface area (Å²) in [6.07, 6.45) is 0. The van der Waals surface area contributed by atoms with Crippen LogP contribution in [-0.4, -0.2) is 42.6 Å². The Balaban J connectivity index is 2.66. The van der Waals surface area contributed by atoms with Crippen molar-refractivity contribution in [1.29, 1.82) is 0 Å². The van der Waals surface area contributed by atoms with Gasteiger partial charge in [-0.2, -0.15) is 0 Å². The molecule has 1 N–H and O–H groups in total. The van der Waals surface area contributed by atoms with Gasteiger partial charge < -0.3 is 10.1 Å². The molecule has 0 aromatic rings. The highest BCUT2D eigenvalue weighted by Crippen LogP contribution is 2.15. The number of carbonyl (C=O) groups excluding carboxylic acids is 2. The molecule has 74 valence electrons. The molecular formula is C8H14N2O3. The molecule has 1 fully saturated rings. The van der Waals surface area contributed by atoms with Gasteiger partial charge in [-0.3, -0.25) is 9.69 Å². The van der Waals surface area contributed by atoms with Crippen LogP contribution in [0.15, 0.2) is 0 Å². The number of methoxy groups -OCH3 is 1. The van der Waals surface area contributed by atoms with Crippen molar-refractivity contribution in [1.82, 2.24) is 10.2 Å². The van der Waals surface area contributed by atoms with E-state index in [9.17, 15) is 9.59 Å². The standard InChI is InChI=1S/C8H14N2O3/c1-8(2)6(11)10(4-5-13-3)7(12)9-8/h4-5H2,1-3H3,(H,9,12). The van der Waals surface area contributed by atoms with E-state index in [0.29, 0.717) is 13.2 Å². The van der Waals surface area contributed by atoms with Crippen LogP contribution in [0.1, 0.15) is 13.8 Å². The van der Waals surface area contributed by atoms with Crippen molar-refractivity contribution in [3.05, 3.63) is 0 Å². The monoisotopic (exact) mass is 186 g/mol. The molecule has 0 unspecified atom stereocenters. The summed E-state index contributed by atoms with van der Waals surface area (Å²) in [5.74, 6) is -0.199. The van der Waals surface area contributed by atoms with Crippen LogP contribution >= 0.6 is 0 Å². The summed E-state index contributed by atoms with van der Waals surface area (Å²) in [6, 6.07) is -0.341. The Morgan fingerprint density at radius 3 is 2.46 bits per heavy atom. The van der Waals surface area contributed by atoms with Gasteiger partial charge in [-0.1, -0.05) is 0 Å². The summed E-state index contributed by atoms with van der Waals surface area (Å²) in [4.78, 5) is 23.9. The summed E-state index contributed by atoms with van der Waals surface area (Å²) >= 11 is 0. The number of imide groups is 1. The number of carbonyl (C=O) groups is 2. The molecule has 1 heterocycles. The van der Waals surface area contributed by atoms with E-state index < -0.39 is 5.54 Å². The van der Waals surface area contributed by atoms with Crippen LogP contribution in [0.4, 0.5) is 4.79 Å². The molecule has 1 aliphatic heterocycles. The molecular weight excluding hydrogens is 172 g/mol. The Morgan fingerprint density at radius 1 is 1.46 bits per heavy atom. The molecule has 0 radical (unpaired) electrons. The fraction of sp³-hybridized carbons (Fsp3) is 0.750. The van der Waals surface area contributed by atoms with E-state index in [4.69, 9.17) is 4.74 Å². The summed E-state index contributed by atoms with van der Waals surface area (Å²) in [5.41, 5.74) is -0.773. The zero-order valence-corrected chi connectivity index (χ0v) is 8.09. The Morgan fingerprint density at radius 2 is 2.08 bits per heavy atom. The summed E-state index contributed by atoms with van der Waals surface area (Å²) in [7, 11) is 1.53. The molecule has 1 aliphatic rings. The van der Waals surface area contributed by atoms with Gasteiger partial charge in [-0.25, -0.2) is 4.79 Å². The second-order valence-electron chi connectivity index (χ2n) is 3.50. The molecule has 0 aliphatic carbocycles. The zero-order valence-electron chi connectivity index (χ0n) is 8.09. The third-order valence-electron chi connectivity index (χ3n) is 1.96. The van der Waals surface area contributed by atoms with E-state index in [0.717, 1.165) is 0 Å². The van der Waals surface area contributed by atoms with Crippen molar-refractivity contribution >= 4 is 11.9 Å². The van der Waals surface area contributed by atoms with Crippen molar-refractivity contribution in [2.75, 3.05) is 20.3 Å². The molecule has 0 atom stereocenters. The van der Waals surface area contributed by atoms with E-state index in [1.165, 1.54) is 12.0 Å². The number of nitrogens with one attached hydrogen (secondary N) is 1. The minimum Gasteiger partial charge on any atom is -0.383 e. The van der Waals surface area contributed by atoms with Crippen molar-refractivity contribution in [3.8, 4) is 0 Å². The van der Waals surface area contributed by atoms with Crippen molar-refractivity contribution in [2.24, 2.45) is 0 Å². The smallest absolute Gasteiger partial charge is 0.325 e. The second-order valence-corrected chi connectivity index (χ2v) is 3.50. The molecule has 5 heteroatoms. The van der Waals surface area contributed by atoms with Crippen molar-refractivity contribution < 1.29 is 14.3 Å². The number of hydrogen-bond acceptors (Lipinski definition) is 3. The highest BCUT2D eigenvalue weighted by molar-refractivity contribution is 6.06. The quantitative estimate of drug-likeness (QED) is 0.629. The third-order valence-corrected chi connectivity index (χ3v) is 1.96. The van der Waals surface area contributed by atoms with E-state index in [2.05, 4.69) is 5.32 Å². The maximum absolute atomic E-state index is 11.5. The molecule has 0 aromatic heterocycles. The van der Waals surface area contributed by atoms with Gasteiger partial charge in [0.15, 0.2) is 0 Å². The van der Waals surface area contributed by atoms with Gasteiger partial charge in [0, 0.05) is 7.11 Å². The first kappa shape index (κ1) is 9.98. The molecule has 0 bridgehead atoms. The molecule has 1 saturated heterocycles. The van der Waals surface area contributed by atoms with E-state index in [-0.39, 0.29) is 11.9 Å². The maximum atomic E-state index is 11.5. The van der Waals surface area contributed by atoms with Gasteiger partial charge in [-0.05, 0) is 13.8 Å². The Bertz CT molecular complexity index is 238. The SMILES string of the molecule is COCCN1C(=O)NC(C)(C)C1=O. The number of ether oxygens (including phenoxy) is 1. The molecule has 0 aromatic carbocycles. The van der Waals surface area contributed by atoms with Gasteiger partial charge in [0.25, 0.3) is 5.91 Å². The molecule has 13 heavy (non-hydrogen) atoms. The average Bonchev–Trinajstić information content (AvgIpc) is 2.21. The fourth-order valence-electron chi connectivity index (χ4n) is 1.20. The van der Waals surface area contributed by atoms with Crippen molar-refractivity contribution in [3.63, 3.8) is 0 Å². The van der Waals surface area contributed by atoms with Crippen molar-refractivity contribution in [2.45, 2.75) is 19.4 Å². The zero-order chi connectivity index (χ0) is 10.1. The lowest BCUT2D eigenvalue weighted by Crippen LogP contribution is -2.40. The third kappa shape index (κ3) is 1.80. The van der Waals surface area contributed by atoms with Crippen LogP contribution in [0.2, 0.25) is 0 Å². The van der Waals surface area contributed by atoms with Crippen LogP contribution in [-0.2, 0) is 9.53 Å². The summed E-state index contributed by atoms with van der Waals surface area (Å²) < 4.78 is 4.79. The van der Waals surface area contributed by atoms with Gasteiger partial charge in [0.05, 0.1) is 13.2 Å². The maximum Gasteiger partial charge on any atom is 0.325 e. The Kier molecular flexibility index (Phi) is 2.56.